The topological polar surface area (TPSA) is 75.7 Å². The number of ether oxygens (including phenoxy) is 1. The van der Waals surface area contributed by atoms with E-state index in [0.717, 1.165) is 37.0 Å². The lowest BCUT2D eigenvalue weighted by Gasteiger charge is -2.20. The lowest BCUT2D eigenvalue weighted by molar-refractivity contribution is -0.115. The van der Waals surface area contributed by atoms with Gasteiger partial charge in [-0.3, -0.25) is 4.79 Å². The summed E-state index contributed by atoms with van der Waals surface area (Å²) in [6, 6.07) is 13.7. The molecule has 0 aromatic heterocycles. The van der Waals surface area contributed by atoms with Crippen molar-refractivity contribution in [3.8, 4) is 5.75 Å². The van der Waals surface area contributed by atoms with E-state index in [2.05, 4.69) is 5.32 Å². The molecule has 1 aliphatic heterocycles. The Balaban J connectivity index is 1.62. The van der Waals surface area contributed by atoms with Crippen molar-refractivity contribution >= 4 is 21.6 Å². The molecule has 2 aromatic rings. The zero-order chi connectivity index (χ0) is 20.0. The van der Waals surface area contributed by atoms with Gasteiger partial charge in [-0.2, -0.15) is 4.31 Å². The minimum absolute atomic E-state index is 0.159. The molecule has 3 rings (SSSR count). The highest BCUT2D eigenvalue weighted by Gasteiger charge is 2.24. The molecule has 1 saturated heterocycles. The van der Waals surface area contributed by atoms with Gasteiger partial charge in [0.2, 0.25) is 15.9 Å². The van der Waals surface area contributed by atoms with Crippen molar-refractivity contribution in [2.75, 3.05) is 25.5 Å². The van der Waals surface area contributed by atoms with Crippen molar-refractivity contribution in [3.05, 3.63) is 54.1 Å². The normalized spacial score (nSPS) is 15.6. The molecule has 2 aromatic carbocycles. The van der Waals surface area contributed by atoms with Gasteiger partial charge in [-0.05, 0) is 54.8 Å². The van der Waals surface area contributed by atoms with E-state index in [9.17, 15) is 13.2 Å². The molecule has 1 N–H and O–H groups in total. The Morgan fingerprint density at radius 1 is 0.964 bits per heavy atom. The number of amides is 1. The second-order valence-corrected chi connectivity index (χ2v) is 8.85. The zero-order valence-corrected chi connectivity index (χ0v) is 16.9. The van der Waals surface area contributed by atoms with Gasteiger partial charge in [-0.25, -0.2) is 8.42 Å². The van der Waals surface area contributed by atoms with Crippen LogP contribution in [0.3, 0.4) is 0 Å². The monoisotopic (exact) mass is 402 g/mol. The van der Waals surface area contributed by atoms with Crippen LogP contribution in [0, 0.1) is 0 Å². The van der Waals surface area contributed by atoms with Crippen molar-refractivity contribution in [2.24, 2.45) is 0 Å². The van der Waals surface area contributed by atoms with Crippen LogP contribution in [0.1, 0.15) is 31.2 Å². The molecule has 0 saturated carbocycles. The molecular weight excluding hydrogens is 376 g/mol. The second kappa shape index (κ2) is 9.21. The van der Waals surface area contributed by atoms with E-state index in [4.69, 9.17) is 4.74 Å². The Kier molecular flexibility index (Phi) is 6.70. The number of methoxy groups -OCH3 is 1. The Hall–Kier alpha value is -2.38. The molecular formula is C21H26N2O4S. The van der Waals surface area contributed by atoms with Crippen LogP contribution >= 0.6 is 0 Å². The minimum Gasteiger partial charge on any atom is -0.497 e. The number of carbonyl (C=O) groups is 1. The van der Waals surface area contributed by atoms with Crippen LogP contribution in [0.2, 0.25) is 0 Å². The van der Waals surface area contributed by atoms with Crippen LogP contribution in [-0.2, 0) is 21.2 Å². The number of carbonyl (C=O) groups excluding carboxylic acids is 1. The first kappa shape index (κ1) is 20.4. The van der Waals surface area contributed by atoms with E-state index in [0.29, 0.717) is 18.8 Å². The maximum atomic E-state index is 12.8. The van der Waals surface area contributed by atoms with E-state index in [-0.39, 0.29) is 17.2 Å². The number of hydrogen-bond acceptors (Lipinski definition) is 4. The van der Waals surface area contributed by atoms with Crippen molar-refractivity contribution in [3.63, 3.8) is 0 Å². The largest absolute Gasteiger partial charge is 0.497 e. The van der Waals surface area contributed by atoms with Crippen LogP contribution < -0.4 is 10.1 Å². The Morgan fingerprint density at radius 3 is 2.14 bits per heavy atom. The second-order valence-electron chi connectivity index (χ2n) is 6.92. The third kappa shape index (κ3) is 5.11. The van der Waals surface area contributed by atoms with Crippen LogP contribution in [0.5, 0.6) is 5.75 Å². The lowest BCUT2D eigenvalue weighted by Crippen LogP contribution is -2.31. The molecule has 1 aliphatic rings. The number of nitrogens with zero attached hydrogens (tertiary/aromatic N) is 1. The van der Waals surface area contributed by atoms with Gasteiger partial charge in [0, 0.05) is 18.8 Å². The number of rotatable bonds is 6. The fourth-order valence-corrected chi connectivity index (χ4v) is 4.79. The molecule has 6 nitrogen and oxygen atoms in total. The molecule has 0 atom stereocenters. The molecule has 0 spiro atoms. The van der Waals surface area contributed by atoms with Crippen molar-refractivity contribution in [2.45, 2.75) is 37.0 Å². The summed E-state index contributed by atoms with van der Waals surface area (Å²) in [5.74, 6) is 0.582. The smallest absolute Gasteiger partial charge is 0.243 e. The van der Waals surface area contributed by atoms with Crippen molar-refractivity contribution < 1.29 is 17.9 Å². The summed E-state index contributed by atoms with van der Waals surface area (Å²) in [5, 5.41) is 2.81. The first-order chi connectivity index (χ1) is 13.5. The Morgan fingerprint density at radius 2 is 1.57 bits per heavy atom. The number of nitrogens with one attached hydrogen (secondary N) is 1. The fraction of sp³-hybridized carbons (Fsp3) is 0.381. The van der Waals surface area contributed by atoms with E-state index < -0.39 is 10.0 Å². The molecule has 0 bridgehead atoms. The average molecular weight is 403 g/mol. The molecule has 7 heteroatoms. The number of anilines is 1. The van der Waals surface area contributed by atoms with E-state index in [1.807, 2.05) is 24.3 Å². The number of hydrogen-bond donors (Lipinski definition) is 1. The summed E-state index contributed by atoms with van der Waals surface area (Å²) in [5.41, 5.74) is 1.45. The zero-order valence-electron chi connectivity index (χ0n) is 16.1. The minimum atomic E-state index is -3.48. The molecule has 1 heterocycles. The van der Waals surface area contributed by atoms with E-state index in [1.165, 1.54) is 0 Å². The first-order valence-electron chi connectivity index (χ1n) is 9.52. The predicted molar refractivity (Wildman–Crippen MR) is 109 cm³/mol. The summed E-state index contributed by atoms with van der Waals surface area (Å²) < 4.78 is 32.3. The van der Waals surface area contributed by atoms with Crippen molar-refractivity contribution in [1.29, 1.82) is 0 Å². The van der Waals surface area contributed by atoms with Crippen LogP contribution in [0.15, 0.2) is 53.4 Å². The summed E-state index contributed by atoms with van der Waals surface area (Å²) in [4.78, 5) is 12.5. The highest BCUT2D eigenvalue weighted by molar-refractivity contribution is 7.89. The van der Waals surface area contributed by atoms with Gasteiger partial charge < -0.3 is 10.1 Å². The van der Waals surface area contributed by atoms with Crippen LogP contribution in [0.25, 0.3) is 0 Å². The third-order valence-electron chi connectivity index (χ3n) is 4.86. The maximum Gasteiger partial charge on any atom is 0.243 e. The molecule has 0 aliphatic carbocycles. The standard InChI is InChI=1S/C21H26N2O4S/c1-27-19-10-6-17(7-11-19)16-21(24)22-18-8-12-20(13-9-18)28(25,26)23-14-4-2-3-5-15-23/h6-13H,2-5,14-16H2,1H3,(H,22,24). The van der Waals surface area contributed by atoms with Gasteiger partial charge >= 0.3 is 0 Å². The van der Waals surface area contributed by atoms with Crippen LogP contribution in [-0.4, -0.2) is 38.8 Å². The van der Waals surface area contributed by atoms with Gasteiger partial charge in [0.25, 0.3) is 0 Å². The molecule has 150 valence electrons. The van der Waals surface area contributed by atoms with E-state index >= 15 is 0 Å². The van der Waals surface area contributed by atoms with Gasteiger partial charge in [0.1, 0.15) is 5.75 Å². The maximum absolute atomic E-state index is 12.8. The quantitative estimate of drug-likeness (QED) is 0.803. The Bertz CT molecular complexity index is 885. The van der Waals surface area contributed by atoms with Crippen LogP contribution in [0.4, 0.5) is 5.69 Å². The average Bonchev–Trinajstić information content (AvgIpc) is 2.99. The predicted octanol–water partition coefficient (Wildman–Crippen LogP) is 3.44. The summed E-state index contributed by atoms with van der Waals surface area (Å²) >= 11 is 0. The summed E-state index contributed by atoms with van der Waals surface area (Å²) in [6.45, 7) is 1.14. The highest BCUT2D eigenvalue weighted by Crippen LogP contribution is 2.22. The summed E-state index contributed by atoms with van der Waals surface area (Å²) in [7, 11) is -1.88. The van der Waals surface area contributed by atoms with Gasteiger partial charge in [0.05, 0.1) is 18.4 Å². The SMILES string of the molecule is COc1ccc(CC(=O)Nc2ccc(S(=O)(=O)N3CCCCCC3)cc2)cc1. The highest BCUT2D eigenvalue weighted by atomic mass is 32.2. The van der Waals surface area contributed by atoms with Gasteiger partial charge in [-0.15, -0.1) is 0 Å². The molecule has 28 heavy (non-hydrogen) atoms. The van der Waals surface area contributed by atoms with Crippen molar-refractivity contribution in [1.82, 2.24) is 4.31 Å². The number of sulfonamides is 1. The number of benzene rings is 2. The third-order valence-corrected chi connectivity index (χ3v) is 6.78. The molecule has 0 unspecified atom stereocenters. The van der Waals surface area contributed by atoms with E-state index in [1.54, 1.807) is 35.7 Å². The molecule has 0 radical (unpaired) electrons. The van der Waals surface area contributed by atoms with Gasteiger partial charge in [-0.1, -0.05) is 25.0 Å². The molecule has 1 fully saturated rings. The molecule has 1 amide bonds. The van der Waals surface area contributed by atoms with Gasteiger partial charge in [0.15, 0.2) is 0 Å². The lowest BCUT2D eigenvalue weighted by atomic mass is 10.1. The first-order valence-corrected chi connectivity index (χ1v) is 11.0. The summed E-state index contributed by atoms with van der Waals surface area (Å²) in [6.07, 6.45) is 4.19. The fourth-order valence-electron chi connectivity index (χ4n) is 3.28. The Labute approximate surface area is 166 Å².